The summed E-state index contributed by atoms with van der Waals surface area (Å²) in [6.07, 6.45) is 8.19. The van der Waals surface area contributed by atoms with Crippen LogP contribution in [0, 0.1) is 0 Å². The van der Waals surface area contributed by atoms with Crippen molar-refractivity contribution < 1.29 is 14.4 Å². The number of pyridine rings is 2. The van der Waals surface area contributed by atoms with Gasteiger partial charge < -0.3 is 25.8 Å². The van der Waals surface area contributed by atoms with Crippen LogP contribution < -0.4 is 16.0 Å². The van der Waals surface area contributed by atoms with E-state index in [0.29, 0.717) is 40.6 Å². The first-order chi connectivity index (χ1) is 20.2. The normalized spacial score (nSPS) is 10.9. The molecular formula is C32H33N7O3. The van der Waals surface area contributed by atoms with Crippen LogP contribution in [0.3, 0.4) is 0 Å². The Hall–Kier alpha value is -5.35. The molecule has 10 heteroatoms. The number of likely N-dealkylation sites (N-methyl/N-ethyl adjacent to an activating group) is 1. The van der Waals surface area contributed by atoms with Crippen molar-refractivity contribution in [1.82, 2.24) is 19.8 Å². The fourth-order valence-electron chi connectivity index (χ4n) is 3.89. The highest BCUT2D eigenvalue weighted by molar-refractivity contribution is 6.05. The van der Waals surface area contributed by atoms with Crippen molar-refractivity contribution in [1.29, 1.82) is 0 Å². The molecule has 2 aromatic carbocycles. The minimum atomic E-state index is -0.307. The first-order valence-corrected chi connectivity index (χ1v) is 13.2. The summed E-state index contributed by atoms with van der Waals surface area (Å²) in [5.74, 6) is 0.0192. The van der Waals surface area contributed by atoms with E-state index in [9.17, 15) is 14.4 Å². The quantitative estimate of drug-likeness (QED) is 0.235. The smallest absolute Gasteiger partial charge is 0.255 e. The van der Waals surface area contributed by atoms with Crippen LogP contribution in [0.4, 0.5) is 22.9 Å². The van der Waals surface area contributed by atoms with Gasteiger partial charge in [-0.15, -0.1) is 0 Å². The molecule has 214 valence electrons. The van der Waals surface area contributed by atoms with E-state index in [4.69, 9.17) is 0 Å². The second-order valence-electron chi connectivity index (χ2n) is 9.98. The van der Waals surface area contributed by atoms with Gasteiger partial charge in [-0.25, -0.2) is 4.98 Å². The lowest BCUT2D eigenvalue weighted by molar-refractivity contribution is -0.111. The lowest BCUT2D eigenvalue weighted by atomic mass is 10.1. The summed E-state index contributed by atoms with van der Waals surface area (Å²) >= 11 is 0. The third-order valence-electron chi connectivity index (χ3n) is 6.06. The van der Waals surface area contributed by atoms with E-state index in [-0.39, 0.29) is 17.7 Å². The molecule has 0 spiro atoms. The molecule has 0 saturated carbocycles. The number of hydrogen-bond donors (Lipinski definition) is 3. The van der Waals surface area contributed by atoms with E-state index in [1.165, 1.54) is 6.08 Å². The van der Waals surface area contributed by atoms with Crippen LogP contribution in [0.5, 0.6) is 0 Å². The molecule has 4 aromatic rings. The number of anilines is 4. The molecular weight excluding hydrogens is 530 g/mol. The van der Waals surface area contributed by atoms with Crippen LogP contribution in [-0.4, -0.2) is 72.2 Å². The van der Waals surface area contributed by atoms with Gasteiger partial charge >= 0.3 is 0 Å². The maximum absolute atomic E-state index is 12.8. The number of amides is 3. The summed E-state index contributed by atoms with van der Waals surface area (Å²) in [6.45, 7) is 0.665. The Morgan fingerprint density at radius 3 is 2.05 bits per heavy atom. The maximum atomic E-state index is 12.8. The Balaban J connectivity index is 1.33. The molecule has 0 atom stereocenters. The number of aromatic nitrogens is 2. The Kier molecular flexibility index (Phi) is 9.75. The highest BCUT2D eigenvalue weighted by atomic mass is 16.2. The summed E-state index contributed by atoms with van der Waals surface area (Å²) in [7, 11) is 7.29. The minimum Gasteiger partial charge on any atom is -0.345 e. The maximum Gasteiger partial charge on any atom is 0.255 e. The van der Waals surface area contributed by atoms with Crippen molar-refractivity contribution in [3.05, 3.63) is 109 Å². The molecule has 0 fully saturated rings. The van der Waals surface area contributed by atoms with Gasteiger partial charge in [0.05, 0.1) is 23.8 Å². The predicted octanol–water partition coefficient (Wildman–Crippen LogP) is 4.90. The number of carbonyl (C=O) groups excluding carboxylic acids is 3. The molecule has 0 unspecified atom stereocenters. The lowest BCUT2D eigenvalue weighted by Crippen LogP contribution is -2.21. The van der Waals surface area contributed by atoms with E-state index < -0.39 is 0 Å². The molecule has 4 rings (SSSR count). The average Bonchev–Trinajstić information content (AvgIpc) is 2.97. The number of carbonyl (C=O) groups is 3. The molecule has 0 radical (unpaired) electrons. The van der Waals surface area contributed by atoms with E-state index in [1.807, 2.05) is 43.3 Å². The molecule has 0 saturated heterocycles. The summed E-state index contributed by atoms with van der Waals surface area (Å²) in [6, 6.07) is 19.6. The van der Waals surface area contributed by atoms with E-state index >= 15 is 0 Å². The van der Waals surface area contributed by atoms with Gasteiger partial charge in [0, 0.05) is 55.3 Å². The first kappa shape index (κ1) is 29.6. The first-order valence-electron chi connectivity index (χ1n) is 13.2. The number of hydrogen-bond acceptors (Lipinski definition) is 7. The highest BCUT2D eigenvalue weighted by Gasteiger charge is 2.10. The van der Waals surface area contributed by atoms with Gasteiger partial charge in [-0.05, 0) is 74.3 Å². The van der Waals surface area contributed by atoms with E-state index in [1.54, 1.807) is 86.1 Å². The van der Waals surface area contributed by atoms with E-state index in [2.05, 4.69) is 25.9 Å². The van der Waals surface area contributed by atoms with Crippen LogP contribution in [-0.2, 0) is 4.79 Å². The molecule has 2 aromatic heterocycles. The second kappa shape index (κ2) is 13.8. The number of rotatable bonds is 10. The molecule has 0 aliphatic rings. The third kappa shape index (κ3) is 8.33. The molecule has 2 heterocycles. The lowest BCUT2D eigenvalue weighted by Gasteiger charge is -2.11. The van der Waals surface area contributed by atoms with Crippen LogP contribution in [0.2, 0.25) is 0 Å². The van der Waals surface area contributed by atoms with Crippen molar-refractivity contribution in [3.8, 4) is 11.1 Å². The third-order valence-corrected chi connectivity index (χ3v) is 6.06. The SMILES string of the molecule is CN(C)C/C=C/C(=O)Nc1ccc(C(=O)Nc2cncc(Nc3ccc(-c4ccc(C(=O)N(C)C)cc4)cn3)c2)cc1. The predicted molar refractivity (Wildman–Crippen MR) is 166 cm³/mol. The molecule has 0 aliphatic heterocycles. The molecule has 0 aliphatic carbocycles. The van der Waals surface area contributed by atoms with Gasteiger partial charge in [-0.2, -0.15) is 0 Å². The average molecular weight is 564 g/mol. The van der Waals surface area contributed by atoms with Gasteiger partial charge in [0.15, 0.2) is 0 Å². The Labute approximate surface area is 245 Å². The van der Waals surface area contributed by atoms with Crippen LogP contribution in [0.1, 0.15) is 20.7 Å². The second-order valence-corrected chi connectivity index (χ2v) is 9.98. The molecule has 3 N–H and O–H groups in total. The summed E-state index contributed by atoms with van der Waals surface area (Å²) < 4.78 is 0. The van der Waals surface area contributed by atoms with Gasteiger partial charge in [0.2, 0.25) is 5.91 Å². The summed E-state index contributed by atoms with van der Waals surface area (Å²) in [4.78, 5) is 49.1. The van der Waals surface area contributed by atoms with Crippen molar-refractivity contribution in [2.24, 2.45) is 0 Å². The standard InChI is InChI=1S/C32H33N7O3/c1-38(2)17-5-6-30(40)36-26-14-11-23(12-15-26)31(41)37-28-18-27(20-33-21-28)35-29-16-13-25(19-34-29)22-7-9-24(10-8-22)32(42)39(3)4/h5-16,18-21H,17H2,1-4H3,(H,34,35)(H,36,40)(H,37,41)/b6-5+. The summed E-state index contributed by atoms with van der Waals surface area (Å²) in [5, 5.41) is 8.81. The largest absolute Gasteiger partial charge is 0.345 e. The monoisotopic (exact) mass is 563 g/mol. The van der Waals surface area contributed by atoms with E-state index in [0.717, 1.165) is 11.1 Å². The Bertz CT molecular complexity index is 1560. The molecule has 42 heavy (non-hydrogen) atoms. The molecule has 0 bridgehead atoms. The topological polar surface area (TPSA) is 120 Å². The zero-order valence-corrected chi connectivity index (χ0v) is 24.0. The Morgan fingerprint density at radius 1 is 0.738 bits per heavy atom. The fraction of sp³-hybridized carbons (Fsp3) is 0.156. The van der Waals surface area contributed by atoms with Crippen molar-refractivity contribution >= 4 is 40.6 Å². The number of nitrogens with one attached hydrogen (secondary N) is 3. The minimum absolute atomic E-state index is 0.0471. The van der Waals surface area contributed by atoms with Gasteiger partial charge in [0.25, 0.3) is 11.8 Å². The van der Waals surface area contributed by atoms with Crippen molar-refractivity contribution in [2.75, 3.05) is 50.7 Å². The zero-order valence-electron chi connectivity index (χ0n) is 24.0. The van der Waals surface area contributed by atoms with Gasteiger partial charge in [0.1, 0.15) is 5.82 Å². The fourth-order valence-corrected chi connectivity index (χ4v) is 3.89. The van der Waals surface area contributed by atoms with Gasteiger partial charge in [-0.1, -0.05) is 18.2 Å². The van der Waals surface area contributed by atoms with Gasteiger partial charge in [-0.3, -0.25) is 19.4 Å². The summed E-state index contributed by atoms with van der Waals surface area (Å²) in [5.41, 5.74) is 4.68. The molecule has 3 amide bonds. The Morgan fingerprint density at radius 2 is 1.40 bits per heavy atom. The number of nitrogens with zero attached hydrogens (tertiary/aromatic N) is 4. The zero-order chi connectivity index (χ0) is 30.1. The van der Waals surface area contributed by atoms with Crippen LogP contribution in [0.25, 0.3) is 11.1 Å². The van der Waals surface area contributed by atoms with Crippen molar-refractivity contribution in [2.45, 2.75) is 0 Å². The van der Waals surface area contributed by atoms with Crippen LogP contribution in [0.15, 0.2) is 97.5 Å². The van der Waals surface area contributed by atoms with Crippen molar-refractivity contribution in [3.63, 3.8) is 0 Å². The number of benzene rings is 2. The molecule has 10 nitrogen and oxygen atoms in total. The van der Waals surface area contributed by atoms with Crippen LogP contribution >= 0.6 is 0 Å². The highest BCUT2D eigenvalue weighted by Crippen LogP contribution is 2.23.